The summed E-state index contributed by atoms with van der Waals surface area (Å²) in [5.41, 5.74) is 5.28. The molecule has 24 heavy (non-hydrogen) atoms. The molecule has 1 heterocycles. The second-order valence-electron chi connectivity index (χ2n) is 4.77. The maximum atomic E-state index is 11.8. The second-order valence-corrected chi connectivity index (χ2v) is 5.18. The van der Waals surface area contributed by atoms with E-state index in [1.54, 1.807) is 36.4 Å². The van der Waals surface area contributed by atoms with Crippen LogP contribution in [0.25, 0.3) is 0 Å². The molecule has 8 heteroatoms. The molecular formula is C16H15ClN4O3. The van der Waals surface area contributed by atoms with E-state index < -0.39 is 11.8 Å². The number of hydrogen-bond acceptors (Lipinski definition) is 4. The molecule has 3 N–H and O–H groups in total. The van der Waals surface area contributed by atoms with Crippen LogP contribution >= 0.6 is 11.6 Å². The number of nitrogens with one attached hydrogen (secondary N) is 3. The van der Waals surface area contributed by atoms with Gasteiger partial charge in [-0.3, -0.25) is 30.2 Å². The Hall–Kier alpha value is -2.93. The zero-order valence-electron chi connectivity index (χ0n) is 12.6. The Balaban J connectivity index is 1.72. The number of halogens is 1. The van der Waals surface area contributed by atoms with Crippen molar-refractivity contribution >= 4 is 35.0 Å². The highest BCUT2D eigenvalue weighted by Crippen LogP contribution is 2.20. The van der Waals surface area contributed by atoms with Crippen LogP contribution in [0.15, 0.2) is 48.8 Å². The molecule has 0 bridgehead atoms. The minimum Gasteiger partial charge on any atom is -0.325 e. The summed E-state index contributed by atoms with van der Waals surface area (Å²) in [4.78, 5) is 38.9. The van der Waals surface area contributed by atoms with Crippen LogP contribution in [0.3, 0.4) is 0 Å². The third-order valence-electron chi connectivity index (χ3n) is 2.97. The summed E-state index contributed by atoms with van der Waals surface area (Å²) < 4.78 is 0. The molecule has 0 fully saturated rings. The molecule has 0 atom stereocenters. The van der Waals surface area contributed by atoms with E-state index in [2.05, 4.69) is 21.2 Å². The zero-order valence-corrected chi connectivity index (χ0v) is 13.3. The number of pyridine rings is 1. The Labute approximate surface area is 143 Å². The van der Waals surface area contributed by atoms with E-state index in [9.17, 15) is 14.4 Å². The smallest absolute Gasteiger partial charge is 0.271 e. The van der Waals surface area contributed by atoms with Gasteiger partial charge in [0.05, 0.1) is 16.3 Å². The predicted molar refractivity (Wildman–Crippen MR) is 89.2 cm³/mol. The van der Waals surface area contributed by atoms with Crippen LogP contribution in [-0.2, 0) is 9.59 Å². The van der Waals surface area contributed by atoms with Gasteiger partial charge in [0.2, 0.25) is 11.8 Å². The Morgan fingerprint density at radius 3 is 2.42 bits per heavy atom. The largest absolute Gasteiger partial charge is 0.325 e. The Bertz CT molecular complexity index is 737. The molecular weight excluding hydrogens is 332 g/mol. The normalized spacial score (nSPS) is 9.88. The third-order valence-corrected chi connectivity index (χ3v) is 3.30. The van der Waals surface area contributed by atoms with Gasteiger partial charge in [0, 0.05) is 25.2 Å². The number of anilines is 1. The van der Waals surface area contributed by atoms with Crippen molar-refractivity contribution < 1.29 is 14.4 Å². The highest BCUT2D eigenvalue weighted by molar-refractivity contribution is 6.33. The molecule has 7 nitrogen and oxygen atoms in total. The summed E-state index contributed by atoms with van der Waals surface area (Å²) in [6.07, 6.45) is 2.79. The molecule has 1 aromatic heterocycles. The zero-order chi connectivity index (χ0) is 17.4. The van der Waals surface area contributed by atoms with Crippen LogP contribution in [0.4, 0.5) is 5.69 Å². The molecule has 2 aromatic rings. The summed E-state index contributed by atoms with van der Waals surface area (Å²) in [6, 6.07) is 9.96. The van der Waals surface area contributed by atoms with Crippen molar-refractivity contribution in [2.75, 3.05) is 5.32 Å². The maximum Gasteiger partial charge on any atom is 0.271 e. The number of para-hydroxylation sites is 1. The molecule has 0 aliphatic heterocycles. The lowest BCUT2D eigenvalue weighted by Crippen LogP contribution is -2.41. The minimum absolute atomic E-state index is 0.0418. The standard InChI is InChI=1S/C16H15ClN4O3/c17-12-5-1-2-6-13(12)19-14(22)7-8-15(23)20-21-16(24)11-4-3-9-18-10-11/h1-6,9-10H,7-8H2,(H,19,22)(H,20,23)(H,21,24). The molecule has 0 saturated heterocycles. The van der Waals surface area contributed by atoms with Crippen LogP contribution in [0.5, 0.6) is 0 Å². The Morgan fingerprint density at radius 1 is 0.958 bits per heavy atom. The van der Waals surface area contributed by atoms with E-state index >= 15 is 0 Å². The number of carbonyl (C=O) groups excluding carboxylic acids is 3. The van der Waals surface area contributed by atoms with Crippen LogP contribution in [0.1, 0.15) is 23.2 Å². The predicted octanol–water partition coefficient (Wildman–Crippen LogP) is 1.91. The van der Waals surface area contributed by atoms with E-state index in [1.165, 1.54) is 12.4 Å². The molecule has 0 spiro atoms. The first-order valence-electron chi connectivity index (χ1n) is 7.10. The maximum absolute atomic E-state index is 11.8. The van der Waals surface area contributed by atoms with Crippen LogP contribution in [-0.4, -0.2) is 22.7 Å². The lowest BCUT2D eigenvalue weighted by molar-refractivity contribution is -0.124. The van der Waals surface area contributed by atoms with Crippen molar-refractivity contribution in [1.29, 1.82) is 0 Å². The lowest BCUT2D eigenvalue weighted by Gasteiger charge is -2.08. The van der Waals surface area contributed by atoms with Crippen LogP contribution in [0, 0.1) is 0 Å². The Kier molecular flexibility index (Phi) is 6.27. The fourth-order valence-electron chi connectivity index (χ4n) is 1.76. The SMILES string of the molecule is O=C(CCC(=O)Nc1ccccc1Cl)NNC(=O)c1cccnc1. The Morgan fingerprint density at radius 2 is 1.71 bits per heavy atom. The van der Waals surface area contributed by atoms with Gasteiger partial charge in [0.1, 0.15) is 0 Å². The van der Waals surface area contributed by atoms with Gasteiger partial charge < -0.3 is 5.32 Å². The van der Waals surface area contributed by atoms with Gasteiger partial charge in [-0.1, -0.05) is 23.7 Å². The number of amides is 3. The molecule has 124 valence electrons. The minimum atomic E-state index is -0.489. The first-order valence-corrected chi connectivity index (χ1v) is 7.47. The first-order chi connectivity index (χ1) is 11.6. The molecule has 2 rings (SSSR count). The van der Waals surface area contributed by atoms with Crippen LogP contribution < -0.4 is 16.2 Å². The number of rotatable bonds is 5. The highest BCUT2D eigenvalue weighted by atomic mass is 35.5. The van der Waals surface area contributed by atoms with Gasteiger partial charge in [-0.05, 0) is 24.3 Å². The average Bonchev–Trinajstić information content (AvgIpc) is 2.60. The number of hydrogen-bond donors (Lipinski definition) is 3. The van der Waals surface area contributed by atoms with Crippen molar-refractivity contribution in [2.24, 2.45) is 0 Å². The van der Waals surface area contributed by atoms with Gasteiger partial charge in [0.25, 0.3) is 5.91 Å². The van der Waals surface area contributed by atoms with Crippen LogP contribution in [0.2, 0.25) is 5.02 Å². The lowest BCUT2D eigenvalue weighted by atomic mass is 10.2. The van der Waals surface area contributed by atoms with Crippen molar-refractivity contribution in [3.63, 3.8) is 0 Å². The average molecular weight is 347 g/mol. The summed E-state index contributed by atoms with van der Waals surface area (Å²) >= 11 is 5.93. The molecule has 0 saturated carbocycles. The van der Waals surface area contributed by atoms with E-state index in [1.807, 2.05) is 0 Å². The van der Waals surface area contributed by atoms with Gasteiger partial charge in [0.15, 0.2) is 0 Å². The molecule has 0 unspecified atom stereocenters. The number of benzene rings is 1. The third kappa shape index (κ3) is 5.36. The monoisotopic (exact) mass is 346 g/mol. The number of carbonyl (C=O) groups is 3. The van der Waals surface area contributed by atoms with E-state index in [-0.39, 0.29) is 18.7 Å². The van der Waals surface area contributed by atoms with Gasteiger partial charge >= 0.3 is 0 Å². The highest BCUT2D eigenvalue weighted by Gasteiger charge is 2.10. The number of aromatic nitrogens is 1. The quantitative estimate of drug-likeness (QED) is 0.720. The number of hydrazine groups is 1. The molecule has 0 radical (unpaired) electrons. The van der Waals surface area contributed by atoms with E-state index in [0.717, 1.165) is 0 Å². The first kappa shape index (κ1) is 17.4. The molecule has 1 aromatic carbocycles. The van der Waals surface area contributed by atoms with Crippen molar-refractivity contribution in [1.82, 2.24) is 15.8 Å². The topological polar surface area (TPSA) is 100 Å². The fourth-order valence-corrected chi connectivity index (χ4v) is 1.94. The summed E-state index contributed by atoms with van der Waals surface area (Å²) in [5.74, 6) is -1.32. The van der Waals surface area contributed by atoms with Gasteiger partial charge in [-0.2, -0.15) is 0 Å². The second kappa shape index (κ2) is 8.64. The van der Waals surface area contributed by atoms with E-state index in [4.69, 9.17) is 11.6 Å². The van der Waals surface area contributed by atoms with Crippen molar-refractivity contribution in [3.8, 4) is 0 Å². The summed E-state index contributed by atoms with van der Waals surface area (Å²) in [6.45, 7) is 0. The number of nitrogens with zero attached hydrogens (tertiary/aromatic N) is 1. The van der Waals surface area contributed by atoms with Crippen molar-refractivity contribution in [2.45, 2.75) is 12.8 Å². The van der Waals surface area contributed by atoms with E-state index in [0.29, 0.717) is 16.3 Å². The summed E-state index contributed by atoms with van der Waals surface area (Å²) in [7, 11) is 0. The molecule has 0 aliphatic rings. The summed E-state index contributed by atoms with van der Waals surface area (Å²) in [5, 5.41) is 3.03. The molecule has 0 aliphatic carbocycles. The van der Waals surface area contributed by atoms with Crippen molar-refractivity contribution in [3.05, 3.63) is 59.4 Å². The van der Waals surface area contributed by atoms with Gasteiger partial charge in [-0.25, -0.2) is 0 Å². The van der Waals surface area contributed by atoms with Gasteiger partial charge in [-0.15, -0.1) is 0 Å². The molecule has 3 amide bonds. The fraction of sp³-hybridized carbons (Fsp3) is 0.125.